The highest BCUT2D eigenvalue weighted by molar-refractivity contribution is 14.1. The summed E-state index contributed by atoms with van der Waals surface area (Å²) in [5, 5.41) is 13.0. The zero-order chi connectivity index (χ0) is 21.7. The van der Waals surface area contributed by atoms with Crippen LogP contribution in [0.25, 0.3) is 0 Å². The highest BCUT2D eigenvalue weighted by Gasteiger charge is 2.25. The van der Waals surface area contributed by atoms with Gasteiger partial charge in [0.2, 0.25) is 0 Å². The topological polar surface area (TPSA) is 71.5 Å². The largest absolute Gasteiger partial charge is 0.490 e. The number of anilines is 1. The number of pyridine rings is 1. The molecule has 0 aromatic carbocycles. The van der Waals surface area contributed by atoms with E-state index in [2.05, 4.69) is 44.7 Å². The van der Waals surface area contributed by atoms with Gasteiger partial charge in [-0.2, -0.15) is 0 Å². The molecule has 2 aromatic heterocycles. The Morgan fingerprint density at radius 3 is 2.70 bits per heavy atom. The predicted octanol–water partition coefficient (Wildman–Crippen LogP) is 5.98. The third kappa shape index (κ3) is 6.61. The van der Waals surface area contributed by atoms with Crippen molar-refractivity contribution in [1.82, 2.24) is 4.98 Å². The van der Waals surface area contributed by atoms with Crippen LogP contribution in [0.15, 0.2) is 24.4 Å². The van der Waals surface area contributed by atoms with Gasteiger partial charge in [-0.05, 0) is 58.6 Å². The van der Waals surface area contributed by atoms with E-state index < -0.39 is 5.97 Å². The number of halogens is 1. The molecule has 160 valence electrons. The molecule has 0 spiro atoms. The number of thiophene rings is 1. The average molecular weight is 538 g/mol. The fourth-order valence-electron chi connectivity index (χ4n) is 3.31. The Hall–Kier alpha value is -1.79. The number of nitrogens with one attached hydrogen (secondary N) is 1. The second-order valence-electron chi connectivity index (χ2n) is 8.51. The van der Waals surface area contributed by atoms with Crippen LogP contribution in [-0.4, -0.2) is 28.2 Å². The first-order valence-corrected chi connectivity index (χ1v) is 12.4. The molecule has 2 N–H and O–H groups in total. The molecule has 1 aliphatic rings. The number of carbonyl (C=O) groups is 1. The van der Waals surface area contributed by atoms with Crippen LogP contribution < -0.4 is 10.1 Å². The van der Waals surface area contributed by atoms with Crippen molar-refractivity contribution in [2.75, 3.05) is 5.32 Å². The molecule has 0 aliphatic heterocycles. The highest BCUT2D eigenvalue weighted by Crippen LogP contribution is 2.31. The van der Waals surface area contributed by atoms with Crippen LogP contribution in [0.5, 0.6) is 5.75 Å². The number of hydrogen-bond acceptors (Lipinski definition) is 5. The van der Waals surface area contributed by atoms with E-state index in [9.17, 15) is 9.90 Å². The molecule has 1 aliphatic carbocycles. The number of nitrogens with zero attached hydrogens (tertiary/aromatic N) is 1. The Bertz CT molecular complexity index is 947. The summed E-state index contributed by atoms with van der Waals surface area (Å²) < 4.78 is 7.01. The lowest BCUT2D eigenvalue weighted by Gasteiger charge is -2.30. The van der Waals surface area contributed by atoms with Crippen molar-refractivity contribution in [3.8, 4) is 17.6 Å². The van der Waals surface area contributed by atoms with Gasteiger partial charge in [-0.1, -0.05) is 34.4 Å². The molecule has 0 unspecified atom stereocenters. The first-order chi connectivity index (χ1) is 14.2. The van der Waals surface area contributed by atoms with Gasteiger partial charge in [0.1, 0.15) is 10.6 Å². The molecule has 0 atom stereocenters. The smallest absolute Gasteiger partial charge is 0.348 e. The zero-order valence-electron chi connectivity index (χ0n) is 17.5. The fourth-order valence-corrected chi connectivity index (χ4v) is 4.54. The lowest BCUT2D eigenvalue weighted by molar-refractivity contribution is 0.0703. The van der Waals surface area contributed by atoms with Gasteiger partial charge in [0.05, 0.1) is 22.4 Å². The van der Waals surface area contributed by atoms with Crippen molar-refractivity contribution in [3.05, 3.63) is 39.8 Å². The van der Waals surface area contributed by atoms with Crippen LogP contribution in [0.4, 0.5) is 5.69 Å². The second kappa shape index (κ2) is 10.0. The molecular formula is C23H27IN2O3S. The van der Waals surface area contributed by atoms with Crippen LogP contribution in [-0.2, 0) is 4.43 Å². The van der Waals surface area contributed by atoms with Crippen LogP contribution in [0.2, 0.25) is 0 Å². The van der Waals surface area contributed by atoms with E-state index in [0.29, 0.717) is 10.6 Å². The Balaban J connectivity index is 1.60. The highest BCUT2D eigenvalue weighted by atomic mass is 127. The van der Waals surface area contributed by atoms with Crippen molar-refractivity contribution in [1.29, 1.82) is 0 Å². The van der Waals surface area contributed by atoms with Crippen LogP contribution >= 0.6 is 33.9 Å². The first kappa shape index (κ1) is 22.9. The quantitative estimate of drug-likeness (QED) is 0.269. The SMILES string of the molecule is CC(C)(C)C#Cc1cc(N[C@H]2CC[C@H](Oc3ccnc(CI)c3)CC2)c(C(=O)O)s1. The minimum atomic E-state index is -0.910. The molecule has 2 heterocycles. The Morgan fingerprint density at radius 1 is 1.33 bits per heavy atom. The van der Waals surface area contributed by atoms with Crippen LogP contribution in [0.3, 0.4) is 0 Å². The van der Waals surface area contributed by atoms with Crippen LogP contribution in [0, 0.1) is 17.3 Å². The molecule has 3 rings (SSSR count). The van der Waals surface area contributed by atoms with Gasteiger partial charge in [0.15, 0.2) is 0 Å². The molecule has 0 radical (unpaired) electrons. The number of rotatable bonds is 6. The summed E-state index contributed by atoms with van der Waals surface area (Å²) in [5.41, 5.74) is 1.58. The molecule has 2 aromatic rings. The molecule has 1 fully saturated rings. The molecule has 0 amide bonds. The minimum Gasteiger partial charge on any atom is -0.490 e. The number of aromatic nitrogens is 1. The number of carboxylic acids is 1. The number of hydrogen-bond donors (Lipinski definition) is 2. The van der Waals surface area contributed by atoms with Crippen molar-refractivity contribution < 1.29 is 14.6 Å². The predicted molar refractivity (Wildman–Crippen MR) is 130 cm³/mol. The van der Waals surface area contributed by atoms with E-state index in [1.165, 1.54) is 11.3 Å². The zero-order valence-corrected chi connectivity index (χ0v) is 20.5. The monoisotopic (exact) mass is 538 g/mol. The maximum absolute atomic E-state index is 11.7. The summed E-state index contributed by atoms with van der Waals surface area (Å²) in [5.74, 6) is 6.26. The Labute approximate surface area is 195 Å². The van der Waals surface area contributed by atoms with Gasteiger partial charge in [-0.3, -0.25) is 4.98 Å². The molecule has 5 nitrogen and oxygen atoms in total. The number of ether oxygens (including phenoxy) is 1. The summed E-state index contributed by atoms with van der Waals surface area (Å²) in [7, 11) is 0. The van der Waals surface area contributed by atoms with E-state index >= 15 is 0 Å². The van der Waals surface area contributed by atoms with Crippen LogP contribution in [0.1, 0.15) is 66.7 Å². The van der Waals surface area contributed by atoms with E-state index in [0.717, 1.165) is 46.4 Å². The molecule has 0 bridgehead atoms. The van der Waals surface area contributed by atoms with E-state index in [1.54, 1.807) is 6.20 Å². The first-order valence-electron chi connectivity index (χ1n) is 10.1. The third-order valence-corrected chi connectivity index (χ3v) is 6.57. The van der Waals surface area contributed by atoms with E-state index in [-0.39, 0.29) is 17.6 Å². The third-order valence-electron chi connectivity index (χ3n) is 4.75. The fraction of sp³-hybridized carbons (Fsp3) is 0.478. The minimum absolute atomic E-state index is 0.119. The summed E-state index contributed by atoms with van der Waals surface area (Å²) >= 11 is 3.53. The molecule has 1 saturated carbocycles. The lowest BCUT2D eigenvalue weighted by atomic mass is 9.92. The van der Waals surface area contributed by atoms with Gasteiger partial charge in [-0.15, -0.1) is 11.3 Å². The Kier molecular flexibility index (Phi) is 7.64. The molecule has 7 heteroatoms. The summed E-state index contributed by atoms with van der Waals surface area (Å²) in [4.78, 5) is 17.1. The number of aromatic carboxylic acids is 1. The van der Waals surface area contributed by atoms with Gasteiger partial charge in [0, 0.05) is 28.1 Å². The van der Waals surface area contributed by atoms with Crippen molar-refractivity contribution >= 4 is 45.6 Å². The molecule has 30 heavy (non-hydrogen) atoms. The standard InChI is InChI=1S/C23H27IN2O3S/c1-23(2,3)10-8-19-13-20(21(30-19)22(27)28)26-15-4-6-17(7-5-15)29-18-9-11-25-16(12-18)14-24/h9,11-13,15,17,26H,4-7,14H2,1-3H3,(H,27,28)/t15-,17-. The maximum Gasteiger partial charge on any atom is 0.348 e. The second-order valence-corrected chi connectivity index (χ2v) is 10.3. The summed E-state index contributed by atoms with van der Waals surface area (Å²) in [6.07, 6.45) is 5.72. The van der Waals surface area contributed by atoms with Gasteiger partial charge >= 0.3 is 5.97 Å². The van der Waals surface area contributed by atoms with Crippen molar-refractivity contribution in [3.63, 3.8) is 0 Å². The average Bonchev–Trinajstić information content (AvgIpc) is 3.11. The van der Waals surface area contributed by atoms with Crippen molar-refractivity contribution in [2.24, 2.45) is 5.41 Å². The normalized spacial score (nSPS) is 18.9. The Morgan fingerprint density at radius 2 is 2.07 bits per heavy atom. The van der Waals surface area contributed by atoms with Gasteiger partial charge in [-0.25, -0.2) is 4.79 Å². The van der Waals surface area contributed by atoms with E-state index in [1.807, 2.05) is 39.0 Å². The molecule has 0 saturated heterocycles. The maximum atomic E-state index is 11.7. The lowest BCUT2D eigenvalue weighted by Crippen LogP contribution is -2.31. The summed E-state index contributed by atoms with van der Waals surface area (Å²) in [6, 6.07) is 6.02. The van der Waals surface area contributed by atoms with Gasteiger partial charge in [0.25, 0.3) is 0 Å². The van der Waals surface area contributed by atoms with Gasteiger partial charge < -0.3 is 15.2 Å². The summed E-state index contributed by atoms with van der Waals surface area (Å²) in [6.45, 7) is 6.13. The molecular weight excluding hydrogens is 511 g/mol. The number of alkyl halides is 1. The van der Waals surface area contributed by atoms with E-state index in [4.69, 9.17) is 4.74 Å². The number of carboxylic acid groups (broad SMARTS) is 1. The van der Waals surface area contributed by atoms with Crippen molar-refractivity contribution in [2.45, 2.75) is 63.0 Å².